The standard InChI is InChI=1S/C42H52N6O6S2/c1-3-29-55(51,52)47-25-21-45(22-26-47)31-33-5-17-39(18-6-33)43-41(49)37-13-9-35(10-14-37)36-11-15-38(16-12-36)42(50)44-40-19-7-34(8-20-40)32-46-23-27-48(28-24-46)56(53,54)30-4-2/h5-20H,3-4,21-32H2,1-2H3,(H,43,49)(H,44,50). The number of sulfonamides is 2. The van der Waals surface area contributed by atoms with Crippen molar-refractivity contribution in [3.8, 4) is 11.1 Å². The number of anilines is 2. The van der Waals surface area contributed by atoms with E-state index < -0.39 is 20.0 Å². The van der Waals surface area contributed by atoms with Crippen LogP contribution in [0.2, 0.25) is 0 Å². The Morgan fingerprint density at radius 2 is 0.804 bits per heavy atom. The Kier molecular flexibility index (Phi) is 13.7. The van der Waals surface area contributed by atoms with Crippen molar-refractivity contribution >= 4 is 43.2 Å². The van der Waals surface area contributed by atoms with E-state index in [0.717, 1.165) is 35.3 Å². The number of hydrogen-bond donors (Lipinski definition) is 2. The number of carbonyl (C=O) groups is 2. The lowest BCUT2D eigenvalue weighted by atomic mass is 10.0. The first-order valence-electron chi connectivity index (χ1n) is 19.3. The van der Waals surface area contributed by atoms with Gasteiger partial charge in [-0.25, -0.2) is 16.8 Å². The molecule has 2 aliphatic heterocycles. The first kappa shape index (κ1) is 41.2. The molecule has 0 atom stereocenters. The summed E-state index contributed by atoms with van der Waals surface area (Å²) in [4.78, 5) is 30.5. The molecule has 2 heterocycles. The Morgan fingerprint density at radius 3 is 1.11 bits per heavy atom. The van der Waals surface area contributed by atoms with Gasteiger partial charge in [-0.1, -0.05) is 62.4 Å². The average molecular weight is 801 g/mol. The summed E-state index contributed by atoms with van der Waals surface area (Å²) >= 11 is 0. The molecule has 0 aliphatic carbocycles. The van der Waals surface area contributed by atoms with Crippen molar-refractivity contribution in [1.29, 1.82) is 0 Å². The fourth-order valence-electron chi connectivity index (χ4n) is 7.04. The molecule has 2 fully saturated rings. The SMILES string of the molecule is CCCS(=O)(=O)N1CCN(Cc2ccc(NC(=O)c3ccc(-c4ccc(C(=O)Nc5ccc(CN6CCN(S(=O)(=O)CCC)CC6)cc5)cc4)cc3)cc2)CC1. The first-order valence-corrected chi connectivity index (χ1v) is 22.6. The second-order valence-electron chi connectivity index (χ2n) is 14.4. The number of carbonyl (C=O) groups excluding carboxylic acids is 2. The molecule has 56 heavy (non-hydrogen) atoms. The van der Waals surface area contributed by atoms with Gasteiger partial charge in [-0.15, -0.1) is 0 Å². The van der Waals surface area contributed by atoms with Gasteiger partial charge in [0.15, 0.2) is 0 Å². The molecule has 298 valence electrons. The topological polar surface area (TPSA) is 139 Å². The summed E-state index contributed by atoms with van der Waals surface area (Å²) in [7, 11) is -6.33. The lowest BCUT2D eigenvalue weighted by molar-refractivity contribution is 0.101. The Hall–Kier alpha value is -4.44. The van der Waals surface area contributed by atoms with Gasteiger partial charge in [0.05, 0.1) is 11.5 Å². The van der Waals surface area contributed by atoms with Crippen molar-refractivity contribution in [2.45, 2.75) is 39.8 Å². The molecule has 0 radical (unpaired) electrons. The van der Waals surface area contributed by atoms with Gasteiger partial charge in [0.1, 0.15) is 0 Å². The summed E-state index contributed by atoms with van der Waals surface area (Å²) in [6.07, 6.45) is 1.24. The van der Waals surface area contributed by atoms with Crippen LogP contribution in [0.25, 0.3) is 11.1 Å². The predicted octanol–water partition coefficient (Wildman–Crippen LogP) is 5.57. The monoisotopic (exact) mass is 800 g/mol. The van der Waals surface area contributed by atoms with Crippen LogP contribution in [0.1, 0.15) is 58.5 Å². The van der Waals surface area contributed by atoms with E-state index in [4.69, 9.17) is 0 Å². The molecule has 0 aromatic heterocycles. The summed E-state index contributed by atoms with van der Waals surface area (Å²) in [5.41, 5.74) is 6.46. The van der Waals surface area contributed by atoms with Crippen LogP contribution in [0.4, 0.5) is 11.4 Å². The third-order valence-electron chi connectivity index (χ3n) is 10.2. The smallest absolute Gasteiger partial charge is 0.255 e. The van der Waals surface area contributed by atoms with Crippen LogP contribution in [0.5, 0.6) is 0 Å². The van der Waals surface area contributed by atoms with Crippen molar-refractivity contribution in [1.82, 2.24) is 18.4 Å². The van der Waals surface area contributed by atoms with Crippen LogP contribution in [0, 0.1) is 0 Å². The molecule has 2 N–H and O–H groups in total. The van der Waals surface area contributed by atoms with Crippen LogP contribution in [0.3, 0.4) is 0 Å². The minimum absolute atomic E-state index is 0.194. The fraction of sp³-hybridized carbons (Fsp3) is 0.381. The van der Waals surface area contributed by atoms with Gasteiger partial charge < -0.3 is 10.6 Å². The van der Waals surface area contributed by atoms with E-state index in [1.807, 2.05) is 86.6 Å². The van der Waals surface area contributed by atoms with E-state index in [0.29, 0.717) is 87.7 Å². The number of nitrogens with zero attached hydrogens (tertiary/aromatic N) is 4. The number of benzene rings is 4. The molecular formula is C42H52N6O6S2. The maximum absolute atomic E-state index is 13.0. The van der Waals surface area contributed by atoms with E-state index in [1.165, 1.54) is 0 Å². The third-order valence-corrected chi connectivity index (χ3v) is 14.4. The Balaban J connectivity index is 0.942. The number of rotatable bonds is 15. The quantitative estimate of drug-likeness (QED) is 0.159. The minimum atomic E-state index is -3.17. The van der Waals surface area contributed by atoms with Crippen LogP contribution in [-0.2, 0) is 33.1 Å². The molecule has 2 saturated heterocycles. The lowest BCUT2D eigenvalue weighted by Crippen LogP contribution is -2.48. The molecule has 6 rings (SSSR count). The van der Waals surface area contributed by atoms with Gasteiger partial charge in [-0.05, 0) is 83.6 Å². The highest BCUT2D eigenvalue weighted by molar-refractivity contribution is 7.89. The van der Waals surface area contributed by atoms with E-state index >= 15 is 0 Å². The highest BCUT2D eigenvalue weighted by atomic mass is 32.2. The molecule has 0 bridgehead atoms. The molecular weight excluding hydrogens is 749 g/mol. The molecule has 0 saturated carbocycles. The second kappa shape index (κ2) is 18.7. The van der Waals surface area contributed by atoms with Crippen LogP contribution in [-0.4, -0.2) is 111 Å². The summed E-state index contributed by atoms with van der Waals surface area (Å²) in [6, 6.07) is 30.1. The van der Waals surface area contributed by atoms with E-state index in [1.54, 1.807) is 32.9 Å². The van der Waals surface area contributed by atoms with Crippen molar-refractivity contribution in [3.63, 3.8) is 0 Å². The molecule has 2 amide bonds. The molecule has 4 aromatic rings. The first-order chi connectivity index (χ1) is 26.9. The zero-order valence-corrected chi connectivity index (χ0v) is 33.8. The molecule has 2 aliphatic rings. The molecule has 14 heteroatoms. The van der Waals surface area contributed by atoms with Gasteiger partial charge in [0, 0.05) is 87.9 Å². The zero-order valence-electron chi connectivity index (χ0n) is 32.2. The van der Waals surface area contributed by atoms with E-state index in [-0.39, 0.29) is 23.3 Å². The van der Waals surface area contributed by atoms with Crippen molar-refractivity contribution in [2.75, 3.05) is 74.5 Å². The maximum atomic E-state index is 13.0. The highest BCUT2D eigenvalue weighted by Gasteiger charge is 2.27. The second-order valence-corrected chi connectivity index (χ2v) is 18.6. The summed E-state index contributed by atoms with van der Waals surface area (Å²) < 4.78 is 52.6. The van der Waals surface area contributed by atoms with Crippen molar-refractivity contribution < 1.29 is 26.4 Å². The van der Waals surface area contributed by atoms with Gasteiger partial charge in [0.25, 0.3) is 11.8 Å². The minimum Gasteiger partial charge on any atom is -0.322 e. The molecule has 0 unspecified atom stereocenters. The number of hydrogen-bond acceptors (Lipinski definition) is 8. The molecule has 0 spiro atoms. The Labute approximate surface area is 331 Å². The maximum Gasteiger partial charge on any atom is 0.255 e. The van der Waals surface area contributed by atoms with Crippen LogP contribution >= 0.6 is 0 Å². The summed E-state index contributed by atoms with van der Waals surface area (Å²) in [6.45, 7) is 9.98. The largest absolute Gasteiger partial charge is 0.322 e. The summed E-state index contributed by atoms with van der Waals surface area (Å²) in [5, 5.41) is 5.92. The van der Waals surface area contributed by atoms with Gasteiger partial charge in [-0.3, -0.25) is 19.4 Å². The lowest BCUT2D eigenvalue weighted by Gasteiger charge is -2.34. The van der Waals surface area contributed by atoms with Crippen LogP contribution < -0.4 is 10.6 Å². The van der Waals surface area contributed by atoms with E-state index in [9.17, 15) is 26.4 Å². The van der Waals surface area contributed by atoms with Gasteiger partial charge in [-0.2, -0.15) is 8.61 Å². The Morgan fingerprint density at radius 1 is 0.482 bits per heavy atom. The summed E-state index contributed by atoms with van der Waals surface area (Å²) in [5.74, 6) is -0.0441. The average Bonchev–Trinajstić information content (AvgIpc) is 3.20. The van der Waals surface area contributed by atoms with Gasteiger partial charge >= 0.3 is 0 Å². The highest BCUT2D eigenvalue weighted by Crippen LogP contribution is 2.23. The predicted molar refractivity (Wildman–Crippen MR) is 223 cm³/mol. The Bertz CT molecular complexity index is 1990. The normalized spacial score (nSPS) is 16.4. The number of amides is 2. The van der Waals surface area contributed by atoms with Gasteiger partial charge in [0.2, 0.25) is 20.0 Å². The van der Waals surface area contributed by atoms with Crippen molar-refractivity contribution in [3.05, 3.63) is 119 Å². The molecule has 12 nitrogen and oxygen atoms in total. The van der Waals surface area contributed by atoms with Crippen molar-refractivity contribution in [2.24, 2.45) is 0 Å². The number of nitrogens with one attached hydrogen (secondary N) is 2. The number of piperazine rings is 2. The zero-order chi connectivity index (χ0) is 39.7. The van der Waals surface area contributed by atoms with Crippen LogP contribution in [0.15, 0.2) is 97.1 Å². The van der Waals surface area contributed by atoms with E-state index in [2.05, 4.69) is 20.4 Å². The fourth-order valence-corrected chi connectivity index (χ4v) is 10.0. The molecule has 4 aromatic carbocycles. The third kappa shape index (κ3) is 10.9.